The number of nitrogens with zero attached hydrogens (tertiary/aromatic N) is 2. The van der Waals surface area contributed by atoms with Gasteiger partial charge >= 0.3 is 0 Å². The van der Waals surface area contributed by atoms with E-state index < -0.39 is 0 Å². The maximum absolute atomic E-state index is 9.38. The van der Waals surface area contributed by atoms with Crippen LogP contribution >= 0.6 is 0 Å². The molecule has 0 aliphatic carbocycles. The van der Waals surface area contributed by atoms with Crippen LogP contribution in [0.4, 0.5) is 0 Å². The van der Waals surface area contributed by atoms with Crippen molar-refractivity contribution in [3.8, 4) is 6.07 Å². The van der Waals surface area contributed by atoms with Gasteiger partial charge in [-0.3, -0.25) is 4.90 Å². The molecule has 0 radical (unpaired) electrons. The lowest BCUT2D eigenvalue weighted by atomic mass is 9.98. The smallest absolute Gasteiger partial charge is 0.0839 e. The average molecular weight is 260 g/mol. The van der Waals surface area contributed by atoms with Gasteiger partial charge in [-0.25, -0.2) is 0 Å². The van der Waals surface area contributed by atoms with Crippen LogP contribution in [0.15, 0.2) is 30.3 Å². The summed E-state index contributed by atoms with van der Waals surface area (Å²) >= 11 is 0. The number of rotatable bonds is 8. The van der Waals surface area contributed by atoms with Crippen LogP contribution in [0, 0.1) is 11.3 Å². The largest absolute Gasteiger partial charge is 0.395 e. The molecule has 0 bridgehead atoms. The van der Waals surface area contributed by atoms with Gasteiger partial charge in [0.1, 0.15) is 0 Å². The summed E-state index contributed by atoms with van der Waals surface area (Å²) < 4.78 is 0. The van der Waals surface area contributed by atoms with Gasteiger partial charge in [-0.1, -0.05) is 44.2 Å². The molecule has 1 N–H and O–H groups in total. The molecular weight excluding hydrogens is 236 g/mol. The normalized spacial score (nSPS) is 12.6. The zero-order valence-electron chi connectivity index (χ0n) is 11.9. The second-order valence-electron chi connectivity index (χ2n) is 4.78. The van der Waals surface area contributed by atoms with E-state index in [0.29, 0.717) is 19.1 Å². The topological polar surface area (TPSA) is 47.3 Å². The third kappa shape index (κ3) is 4.66. The number of hydrogen-bond donors (Lipinski definition) is 1. The molecule has 19 heavy (non-hydrogen) atoms. The van der Waals surface area contributed by atoms with Gasteiger partial charge in [0.15, 0.2) is 0 Å². The Labute approximate surface area is 116 Å². The van der Waals surface area contributed by atoms with Crippen LogP contribution in [-0.2, 0) is 0 Å². The molecule has 0 spiro atoms. The molecule has 0 heterocycles. The highest BCUT2D eigenvalue weighted by Gasteiger charge is 2.20. The van der Waals surface area contributed by atoms with E-state index in [4.69, 9.17) is 0 Å². The molecule has 1 rings (SSSR count). The van der Waals surface area contributed by atoms with Crippen molar-refractivity contribution in [3.63, 3.8) is 0 Å². The first-order chi connectivity index (χ1) is 9.26. The Morgan fingerprint density at radius 2 is 1.84 bits per heavy atom. The Bertz CT molecular complexity index is 381. The highest BCUT2D eigenvalue weighted by atomic mass is 16.3. The highest BCUT2D eigenvalue weighted by Crippen LogP contribution is 2.19. The fourth-order valence-electron chi connectivity index (χ4n) is 2.50. The van der Waals surface area contributed by atoms with E-state index in [1.54, 1.807) is 0 Å². The number of hydrogen-bond acceptors (Lipinski definition) is 3. The Balaban J connectivity index is 2.79. The van der Waals surface area contributed by atoms with Gasteiger partial charge < -0.3 is 5.11 Å². The zero-order valence-corrected chi connectivity index (χ0v) is 11.9. The summed E-state index contributed by atoms with van der Waals surface area (Å²) in [5.74, 6) is -0.131. The van der Waals surface area contributed by atoms with E-state index in [2.05, 4.69) is 24.8 Å². The van der Waals surface area contributed by atoms with E-state index in [1.165, 1.54) is 0 Å². The minimum absolute atomic E-state index is 0.131. The Morgan fingerprint density at radius 3 is 2.32 bits per heavy atom. The molecule has 1 atom stereocenters. The van der Waals surface area contributed by atoms with Crippen molar-refractivity contribution in [2.24, 2.45) is 0 Å². The van der Waals surface area contributed by atoms with Gasteiger partial charge in [-0.2, -0.15) is 5.26 Å². The van der Waals surface area contributed by atoms with Gasteiger partial charge in [0.25, 0.3) is 0 Å². The van der Waals surface area contributed by atoms with E-state index in [1.807, 2.05) is 30.3 Å². The number of benzene rings is 1. The molecule has 0 saturated carbocycles. The predicted octanol–water partition coefficient (Wildman–Crippen LogP) is 2.78. The van der Waals surface area contributed by atoms with Crippen molar-refractivity contribution in [2.45, 2.75) is 38.6 Å². The Kier molecular flexibility index (Phi) is 7.17. The van der Waals surface area contributed by atoms with Crippen molar-refractivity contribution in [1.82, 2.24) is 4.90 Å². The van der Waals surface area contributed by atoms with Crippen molar-refractivity contribution in [2.75, 3.05) is 19.7 Å². The van der Waals surface area contributed by atoms with Crippen LogP contribution in [0.1, 0.15) is 38.2 Å². The highest BCUT2D eigenvalue weighted by molar-refractivity contribution is 5.25. The van der Waals surface area contributed by atoms with Crippen molar-refractivity contribution < 1.29 is 5.11 Å². The standard InChI is InChI=1S/C16H24N2O/c1-3-16(4-2)18(10-11-19)13-15(12-17)14-8-6-5-7-9-14/h5-9,15-16,19H,3-4,10-11,13H2,1-2H3. The summed E-state index contributed by atoms with van der Waals surface area (Å²) in [4.78, 5) is 2.24. The van der Waals surface area contributed by atoms with Gasteiger partial charge in [0.2, 0.25) is 0 Å². The van der Waals surface area contributed by atoms with E-state index in [-0.39, 0.29) is 12.5 Å². The summed E-state index contributed by atoms with van der Waals surface area (Å²) in [5.41, 5.74) is 1.05. The first-order valence-electron chi connectivity index (χ1n) is 7.06. The summed E-state index contributed by atoms with van der Waals surface area (Å²) in [7, 11) is 0. The second kappa shape index (κ2) is 8.68. The average Bonchev–Trinajstić information content (AvgIpc) is 2.46. The van der Waals surface area contributed by atoms with Crippen molar-refractivity contribution in [1.29, 1.82) is 5.26 Å². The minimum atomic E-state index is -0.131. The first-order valence-corrected chi connectivity index (χ1v) is 7.06. The van der Waals surface area contributed by atoms with Crippen LogP contribution in [0.25, 0.3) is 0 Å². The lowest BCUT2D eigenvalue weighted by molar-refractivity contribution is 0.141. The van der Waals surface area contributed by atoms with Gasteiger partial charge in [0.05, 0.1) is 18.6 Å². The molecule has 0 aliphatic heterocycles. The van der Waals surface area contributed by atoms with E-state index in [9.17, 15) is 10.4 Å². The first kappa shape index (κ1) is 15.7. The molecular formula is C16H24N2O. The molecule has 1 unspecified atom stereocenters. The summed E-state index contributed by atoms with van der Waals surface area (Å²) in [6.45, 7) is 5.78. The SMILES string of the molecule is CCC(CC)N(CCO)CC(C#N)c1ccccc1. The van der Waals surface area contributed by atoms with Gasteiger partial charge in [-0.15, -0.1) is 0 Å². The van der Waals surface area contributed by atoms with Crippen LogP contribution in [0.5, 0.6) is 0 Å². The van der Waals surface area contributed by atoms with Crippen LogP contribution in [0.2, 0.25) is 0 Å². The Hall–Kier alpha value is -1.37. The van der Waals surface area contributed by atoms with Crippen LogP contribution in [-0.4, -0.2) is 35.7 Å². The molecule has 0 aliphatic rings. The van der Waals surface area contributed by atoms with Crippen molar-refractivity contribution in [3.05, 3.63) is 35.9 Å². The third-order valence-corrected chi connectivity index (χ3v) is 3.62. The summed E-state index contributed by atoms with van der Waals surface area (Å²) in [6.07, 6.45) is 2.09. The molecule has 0 fully saturated rings. The van der Waals surface area contributed by atoms with Crippen LogP contribution in [0.3, 0.4) is 0 Å². The molecule has 0 amide bonds. The number of nitriles is 1. The fraction of sp³-hybridized carbons (Fsp3) is 0.562. The maximum atomic E-state index is 9.38. The minimum Gasteiger partial charge on any atom is -0.395 e. The monoisotopic (exact) mass is 260 g/mol. The molecule has 1 aromatic carbocycles. The van der Waals surface area contributed by atoms with Crippen molar-refractivity contribution >= 4 is 0 Å². The predicted molar refractivity (Wildman–Crippen MR) is 77.8 cm³/mol. The quantitative estimate of drug-likeness (QED) is 0.782. The molecule has 1 aromatic rings. The molecule has 3 heteroatoms. The van der Waals surface area contributed by atoms with E-state index >= 15 is 0 Å². The maximum Gasteiger partial charge on any atom is 0.0839 e. The lowest BCUT2D eigenvalue weighted by Crippen LogP contribution is -2.39. The molecule has 0 saturated heterocycles. The summed E-state index contributed by atoms with van der Waals surface area (Å²) in [5, 5.41) is 18.6. The third-order valence-electron chi connectivity index (χ3n) is 3.62. The summed E-state index contributed by atoms with van der Waals surface area (Å²) in [6, 6.07) is 12.7. The number of aliphatic hydroxyl groups excluding tert-OH is 1. The van der Waals surface area contributed by atoms with E-state index in [0.717, 1.165) is 18.4 Å². The fourth-order valence-corrected chi connectivity index (χ4v) is 2.50. The lowest BCUT2D eigenvalue weighted by Gasteiger charge is -2.31. The van der Waals surface area contributed by atoms with Crippen LogP contribution < -0.4 is 0 Å². The molecule has 0 aromatic heterocycles. The molecule has 104 valence electrons. The number of aliphatic hydroxyl groups is 1. The van der Waals surface area contributed by atoms with Gasteiger partial charge in [0, 0.05) is 19.1 Å². The second-order valence-corrected chi connectivity index (χ2v) is 4.78. The zero-order chi connectivity index (χ0) is 14.1. The molecule has 3 nitrogen and oxygen atoms in total. The Morgan fingerprint density at radius 1 is 1.21 bits per heavy atom. The van der Waals surface area contributed by atoms with Gasteiger partial charge in [-0.05, 0) is 18.4 Å².